The van der Waals surface area contributed by atoms with Crippen LogP contribution in [0.5, 0.6) is 11.5 Å². The van der Waals surface area contributed by atoms with Gasteiger partial charge >= 0.3 is 0 Å². The fourth-order valence-electron chi connectivity index (χ4n) is 2.50. The van der Waals surface area contributed by atoms with Gasteiger partial charge in [0, 0.05) is 11.8 Å². The van der Waals surface area contributed by atoms with Gasteiger partial charge in [-0.25, -0.2) is 0 Å². The minimum atomic E-state index is -0.646. The van der Waals surface area contributed by atoms with Crippen molar-refractivity contribution in [2.75, 3.05) is 18.2 Å². The SMILES string of the molecule is CCC(C)c1ccccc1OC(C)C(=O)Nc1ccc(N)cc1OC. The van der Waals surface area contributed by atoms with E-state index < -0.39 is 6.10 Å². The summed E-state index contributed by atoms with van der Waals surface area (Å²) in [7, 11) is 1.53. The maximum absolute atomic E-state index is 12.5. The molecular weight excluding hydrogens is 316 g/mol. The van der Waals surface area contributed by atoms with Gasteiger partial charge in [-0.2, -0.15) is 0 Å². The number of hydrogen-bond donors (Lipinski definition) is 2. The third-order valence-electron chi connectivity index (χ3n) is 4.22. The Labute approximate surface area is 149 Å². The van der Waals surface area contributed by atoms with Gasteiger partial charge in [-0.3, -0.25) is 4.79 Å². The molecule has 0 spiro atoms. The minimum absolute atomic E-state index is 0.248. The molecule has 5 heteroatoms. The number of nitrogens with one attached hydrogen (secondary N) is 1. The number of nitrogen functional groups attached to an aromatic ring is 1. The molecule has 0 radical (unpaired) electrons. The van der Waals surface area contributed by atoms with Crippen molar-refractivity contribution in [2.45, 2.75) is 39.2 Å². The lowest BCUT2D eigenvalue weighted by Gasteiger charge is -2.20. The Morgan fingerprint density at radius 2 is 1.88 bits per heavy atom. The first-order valence-electron chi connectivity index (χ1n) is 8.46. The van der Waals surface area contributed by atoms with Crippen LogP contribution < -0.4 is 20.5 Å². The summed E-state index contributed by atoms with van der Waals surface area (Å²) in [6, 6.07) is 12.9. The van der Waals surface area contributed by atoms with Crippen LogP contribution in [0.25, 0.3) is 0 Å². The molecule has 3 N–H and O–H groups in total. The summed E-state index contributed by atoms with van der Waals surface area (Å²) >= 11 is 0. The summed E-state index contributed by atoms with van der Waals surface area (Å²) in [5, 5.41) is 2.83. The molecular formula is C20H26N2O3. The average molecular weight is 342 g/mol. The molecule has 0 aromatic heterocycles. The van der Waals surface area contributed by atoms with E-state index >= 15 is 0 Å². The minimum Gasteiger partial charge on any atom is -0.494 e. The largest absolute Gasteiger partial charge is 0.494 e. The molecule has 2 rings (SSSR count). The zero-order valence-electron chi connectivity index (χ0n) is 15.2. The first-order chi connectivity index (χ1) is 12.0. The summed E-state index contributed by atoms with van der Waals surface area (Å²) in [6.07, 6.45) is 0.358. The number of nitrogens with two attached hydrogens (primary N) is 1. The van der Waals surface area contributed by atoms with E-state index in [0.717, 1.165) is 17.7 Å². The van der Waals surface area contributed by atoms with Crippen molar-refractivity contribution < 1.29 is 14.3 Å². The van der Waals surface area contributed by atoms with E-state index in [0.29, 0.717) is 23.0 Å². The zero-order chi connectivity index (χ0) is 18.4. The van der Waals surface area contributed by atoms with E-state index in [1.54, 1.807) is 25.1 Å². The van der Waals surface area contributed by atoms with E-state index in [4.69, 9.17) is 15.2 Å². The summed E-state index contributed by atoms with van der Waals surface area (Å²) in [4.78, 5) is 12.5. The van der Waals surface area contributed by atoms with E-state index in [-0.39, 0.29) is 5.91 Å². The second-order valence-corrected chi connectivity index (χ2v) is 6.06. The van der Waals surface area contributed by atoms with Gasteiger partial charge in [0.05, 0.1) is 12.8 Å². The highest BCUT2D eigenvalue weighted by atomic mass is 16.5. The van der Waals surface area contributed by atoms with Gasteiger partial charge in [0.15, 0.2) is 6.10 Å². The summed E-state index contributed by atoms with van der Waals surface area (Å²) in [5.41, 5.74) is 7.98. The van der Waals surface area contributed by atoms with Crippen LogP contribution in [0.2, 0.25) is 0 Å². The van der Waals surface area contributed by atoms with Gasteiger partial charge in [-0.15, -0.1) is 0 Å². The number of para-hydroxylation sites is 1. The summed E-state index contributed by atoms with van der Waals surface area (Å²) in [6.45, 7) is 6.00. The molecule has 2 aromatic rings. The van der Waals surface area contributed by atoms with Crippen molar-refractivity contribution in [3.8, 4) is 11.5 Å². The number of benzene rings is 2. The number of methoxy groups -OCH3 is 1. The molecule has 2 atom stereocenters. The standard InChI is InChI=1S/C20H26N2O3/c1-5-13(2)16-8-6-7-9-18(16)25-14(3)20(23)22-17-11-10-15(21)12-19(17)24-4/h6-14H,5,21H2,1-4H3,(H,22,23). The second-order valence-electron chi connectivity index (χ2n) is 6.06. The van der Waals surface area contributed by atoms with Gasteiger partial charge in [0.1, 0.15) is 11.5 Å². The monoisotopic (exact) mass is 342 g/mol. The van der Waals surface area contributed by atoms with E-state index in [2.05, 4.69) is 19.2 Å². The van der Waals surface area contributed by atoms with Gasteiger partial charge in [0.25, 0.3) is 5.91 Å². The third kappa shape index (κ3) is 4.66. The number of carbonyl (C=O) groups excluding carboxylic acids is 1. The highest BCUT2D eigenvalue weighted by molar-refractivity contribution is 5.95. The Morgan fingerprint density at radius 3 is 2.56 bits per heavy atom. The predicted octanol–water partition coefficient (Wildman–Crippen LogP) is 4.20. The number of ether oxygens (including phenoxy) is 2. The van der Waals surface area contributed by atoms with Gasteiger partial charge in [-0.05, 0) is 43.0 Å². The fraction of sp³-hybridized carbons (Fsp3) is 0.350. The molecule has 0 aliphatic carbocycles. The second kappa shape index (κ2) is 8.42. The zero-order valence-corrected chi connectivity index (χ0v) is 15.2. The maximum atomic E-state index is 12.5. The number of amides is 1. The molecule has 0 saturated heterocycles. The molecule has 1 amide bonds. The lowest BCUT2D eigenvalue weighted by atomic mass is 9.98. The molecule has 25 heavy (non-hydrogen) atoms. The van der Waals surface area contributed by atoms with Crippen molar-refractivity contribution in [3.05, 3.63) is 48.0 Å². The topological polar surface area (TPSA) is 73.6 Å². The molecule has 0 aliphatic rings. The number of rotatable bonds is 7. The molecule has 2 aromatic carbocycles. The van der Waals surface area contributed by atoms with Gasteiger partial charge < -0.3 is 20.5 Å². The van der Waals surface area contributed by atoms with Crippen molar-refractivity contribution >= 4 is 17.3 Å². The normalized spacial score (nSPS) is 13.0. The van der Waals surface area contributed by atoms with E-state index in [9.17, 15) is 4.79 Å². The van der Waals surface area contributed by atoms with Gasteiger partial charge in [-0.1, -0.05) is 32.0 Å². The van der Waals surface area contributed by atoms with Crippen molar-refractivity contribution in [2.24, 2.45) is 0 Å². The fourth-order valence-corrected chi connectivity index (χ4v) is 2.50. The molecule has 0 heterocycles. The molecule has 2 unspecified atom stereocenters. The lowest BCUT2D eigenvalue weighted by molar-refractivity contribution is -0.122. The van der Waals surface area contributed by atoms with E-state index in [1.165, 1.54) is 7.11 Å². The molecule has 134 valence electrons. The van der Waals surface area contributed by atoms with Crippen molar-refractivity contribution in [1.82, 2.24) is 0 Å². The Kier molecular flexibility index (Phi) is 6.28. The average Bonchev–Trinajstić information content (AvgIpc) is 2.62. The van der Waals surface area contributed by atoms with Crippen LogP contribution in [0.3, 0.4) is 0 Å². The predicted molar refractivity (Wildman–Crippen MR) is 101 cm³/mol. The van der Waals surface area contributed by atoms with Crippen LogP contribution in [0.1, 0.15) is 38.7 Å². The number of anilines is 2. The summed E-state index contributed by atoms with van der Waals surface area (Å²) in [5.74, 6) is 1.37. The maximum Gasteiger partial charge on any atom is 0.265 e. The molecule has 0 bridgehead atoms. The Hall–Kier alpha value is -2.69. The van der Waals surface area contributed by atoms with Crippen LogP contribution in [-0.2, 0) is 4.79 Å². The smallest absolute Gasteiger partial charge is 0.265 e. The van der Waals surface area contributed by atoms with Gasteiger partial charge in [0.2, 0.25) is 0 Å². The highest BCUT2D eigenvalue weighted by Crippen LogP contribution is 2.30. The van der Waals surface area contributed by atoms with Crippen molar-refractivity contribution in [3.63, 3.8) is 0 Å². The van der Waals surface area contributed by atoms with Crippen LogP contribution in [0.15, 0.2) is 42.5 Å². The van der Waals surface area contributed by atoms with Crippen LogP contribution in [0.4, 0.5) is 11.4 Å². The molecule has 0 aliphatic heterocycles. The van der Waals surface area contributed by atoms with Crippen LogP contribution in [0, 0.1) is 0 Å². The quantitative estimate of drug-likeness (QED) is 0.740. The number of carbonyl (C=O) groups is 1. The highest BCUT2D eigenvalue weighted by Gasteiger charge is 2.19. The molecule has 0 saturated carbocycles. The molecule has 5 nitrogen and oxygen atoms in total. The molecule has 0 fully saturated rings. The first kappa shape index (κ1) is 18.6. The van der Waals surface area contributed by atoms with Crippen LogP contribution in [-0.4, -0.2) is 19.1 Å². The summed E-state index contributed by atoms with van der Waals surface area (Å²) < 4.78 is 11.2. The van der Waals surface area contributed by atoms with Crippen LogP contribution >= 0.6 is 0 Å². The third-order valence-corrected chi connectivity index (χ3v) is 4.22. The Morgan fingerprint density at radius 1 is 1.16 bits per heavy atom. The van der Waals surface area contributed by atoms with E-state index in [1.807, 2.05) is 24.3 Å². The lowest BCUT2D eigenvalue weighted by Crippen LogP contribution is -2.30. The first-order valence-corrected chi connectivity index (χ1v) is 8.46. The Balaban J connectivity index is 2.11. The van der Waals surface area contributed by atoms with Crippen molar-refractivity contribution in [1.29, 1.82) is 0 Å². The number of hydrogen-bond acceptors (Lipinski definition) is 4. The Bertz CT molecular complexity index is 731.